The Balaban J connectivity index is 3.25. The average molecular weight is 213 g/mol. The molecule has 1 nitrogen and oxygen atoms in total. The van der Waals surface area contributed by atoms with Crippen molar-refractivity contribution in [1.82, 2.24) is 0 Å². The van der Waals surface area contributed by atoms with E-state index in [0.29, 0.717) is 10.3 Å². The monoisotopic (exact) mass is 212 g/mol. The van der Waals surface area contributed by atoms with Crippen molar-refractivity contribution >= 4 is 30.4 Å². The quantitative estimate of drug-likeness (QED) is 0.702. The fraction of sp³-hybridized carbons (Fsp3) is 0.200. The fourth-order valence-corrected chi connectivity index (χ4v) is 1.76. The molecule has 1 aromatic rings. The summed E-state index contributed by atoms with van der Waals surface area (Å²) in [5, 5.41) is 1.13. The Labute approximate surface area is 84.6 Å². The van der Waals surface area contributed by atoms with Crippen LogP contribution in [-0.4, -0.2) is 0 Å². The van der Waals surface area contributed by atoms with Gasteiger partial charge >= 0.3 is 0 Å². The predicted molar refractivity (Wildman–Crippen MR) is 57.9 cm³/mol. The van der Waals surface area contributed by atoms with E-state index in [0.717, 1.165) is 12.0 Å². The summed E-state index contributed by atoms with van der Waals surface area (Å²) in [7, 11) is -0.0141. The van der Waals surface area contributed by atoms with Gasteiger partial charge in [0.25, 0.3) is 0 Å². The molecule has 0 N–H and O–H groups in total. The predicted octanol–water partition coefficient (Wildman–Crippen LogP) is 3.38. The molecule has 0 aromatic heterocycles. The van der Waals surface area contributed by atoms with Crippen molar-refractivity contribution in [1.29, 1.82) is 0 Å². The zero-order valence-corrected chi connectivity index (χ0v) is 9.03. The molecule has 0 aliphatic rings. The van der Waals surface area contributed by atoms with E-state index in [1.165, 1.54) is 5.56 Å². The van der Waals surface area contributed by atoms with Crippen LogP contribution in [0.15, 0.2) is 24.8 Å². The first-order valence-corrected chi connectivity index (χ1v) is 5.19. The standard InChI is InChI=1S/C10H10ClOP/c1-3-8-4-5-10(13-12)9(6-8)7(2)11/h4-6H,2-3H2,1H3. The zero-order chi connectivity index (χ0) is 9.84. The molecule has 0 saturated heterocycles. The maximum absolute atomic E-state index is 10.7. The van der Waals surface area contributed by atoms with E-state index in [2.05, 4.69) is 13.5 Å². The van der Waals surface area contributed by atoms with Gasteiger partial charge in [0, 0.05) is 10.6 Å². The van der Waals surface area contributed by atoms with E-state index < -0.39 is 0 Å². The first-order chi connectivity index (χ1) is 6.19. The Morgan fingerprint density at radius 1 is 1.62 bits per heavy atom. The number of aryl methyl sites for hydroxylation is 1. The second-order valence-corrected chi connectivity index (χ2v) is 3.82. The van der Waals surface area contributed by atoms with E-state index in [1.54, 1.807) is 0 Å². The lowest BCUT2D eigenvalue weighted by Gasteiger charge is -2.03. The van der Waals surface area contributed by atoms with Crippen LogP contribution in [0.1, 0.15) is 18.1 Å². The second kappa shape index (κ2) is 4.55. The SMILES string of the molecule is C=C(Cl)c1cc(CC)ccc1P=O. The molecule has 0 fully saturated rings. The molecular formula is C10H10ClOP. The van der Waals surface area contributed by atoms with Crippen LogP contribution in [0.4, 0.5) is 0 Å². The lowest BCUT2D eigenvalue weighted by molar-refractivity contribution is 0.603. The van der Waals surface area contributed by atoms with Gasteiger partial charge in [-0.25, -0.2) is 0 Å². The summed E-state index contributed by atoms with van der Waals surface area (Å²) in [5.74, 6) is 0. The number of halogens is 1. The number of benzene rings is 1. The van der Waals surface area contributed by atoms with Gasteiger partial charge in [-0.1, -0.05) is 31.2 Å². The molecule has 3 heteroatoms. The molecule has 0 atom stereocenters. The molecule has 0 amide bonds. The zero-order valence-electron chi connectivity index (χ0n) is 7.38. The van der Waals surface area contributed by atoms with Crippen LogP contribution >= 0.6 is 20.1 Å². The first-order valence-electron chi connectivity index (χ1n) is 4.00. The average Bonchev–Trinajstić information content (AvgIpc) is 2.16. The maximum atomic E-state index is 10.7. The van der Waals surface area contributed by atoms with Crippen molar-refractivity contribution < 1.29 is 4.57 Å². The summed E-state index contributed by atoms with van der Waals surface area (Å²) in [6, 6.07) is 5.69. The molecule has 68 valence electrons. The third kappa shape index (κ3) is 2.40. The van der Waals surface area contributed by atoms with Gasteiger partial charge in [-0.2, -0.15) is 0 Å². The molecule has 0 heterocycles. The highest BCUT2D eigenvalue weighted by Gasteiger charge is 2.04. The van der Waals surface area contributed by atoms with Crippen molar-refractivity contribution in [3.8, 4) is 0 Å². The molecule has 1 aromatic carbocycles. The third-order valence-electron chi connectivity index (χ3n) is 1.86. The van der Waals surface area contributed by atoms with Crippen LogP contribution in [-0.2, 0) is 11.0 Å². The smallest absolute Gasteiger partial charge is 0.192 e. The van der Waals surface area contributed by atoms with E-state index in [-0.39, 0.29) is 8.46 Å². The van der Waals surface area contributed by atoms with Gasteiger partial charge in [-0.3, -0.25) is 4.57 Å². The molecule has 0 aliphatic carbocycles. The van der Waals surface area contributed by atoms with Crippen molar-refractivity contribution in [3.63, 3.8) is 0 Å². The third-order valence-corrected chi connectivity index (χ3v) is 2.65. The van der Waals surface area contributed by atoms with E-state index in [1.807, 2.05) is 18.2 Å². The normalized spacial score (nSPS) is 10.3. The molecule has 1 rings (SSSR count). The molecule has 0 bridgehead atoms. The van der Waals surface area contributed by atoms with Gasteiger partial charge in [-0.15, -0.1) is 0 Å². The maximum Gasteiger partial charge on any atom is 0.192 e. The summed E-state index contributed by atoms with van der Waals surface area (Å²) < 4.78 is 10.7. The van der Waals surface area contributed by atoms with Crippen molar-refractivity contribution in [2.45, 2.75) is 13.3 Å². The summed E-state index contributed by atoms with van der Waals surface area (Å²) in [6.07, 6.45) is 0.938. The van der Waals surface area contributed by atoms with Crippen LogP contribution in [0.5, 0.6) is 0 Å². The first kappa shape index (κ1) is 10.4. The highest BCUT2D eigenvalue weighted by Crippen LogP contribution is 2.19. The molecule has 0 spiro atoms. The molecule has 0 unspecified atom stereocenters. The molecule has 0 saturated carbocycles. The van der Waals surface area contributed by atoms with Crippen molar-refractivity contribution in [3.05, 3.63) is 35.9 Å². The summed E-state index contributed by atoms with van der Waals surface area (Å²) >= 11 is 5.78. The van der Waals surface area contributed by atoms with Gasteiger partial charge in [0.05, 0.1) is 5.30 Å². The minimum absolute atomic E-state index is 0.0141. The number of hydrogen-bond donors (Lipinski definition) is 0. The summed E-state index contributed by atoms with van der Waals surface area (Å²) in [5.41, 5.74) is 1.95. The van der Waals surface area contributed by atoms with Crippen molar-refractivity contribution in [2.75, 3.05) is 0 Å². The highest BCUT2D eigenvalue weighted by atomic mass is 35.5. The van der Waals surface area contributed by atoms with Crippen LogP contribution in [0.2, 0.25) is 0 Å². The Bertz CT molecular complexity index is 347. The van der Waals surface area contributed by atoms with Crippen LogP contribution in [0.3, 0.4) is 0 Å². The summed E-state index contributed by atoms with van der Waals surface area (Å²) in [6.45, 7) is 5.69. The van der Waals surface area contributed by atoms with Gasteiger partial charge in [0.15, 0.2) is 8.46 Å². The minimum atomic E-state index is -0.0141. The largest absolute Gasteiger partial charge is 0.269 e. The van der Waals surface area contributed by atoms with Crippen LogP contribution in [0, 0.1) is 0 Å². The van der Waals surface area contributed by atoms with Gasteiger partial charge in [0.1, 0.15) is 0 Å². The van der Waals surface area contributed by atoms with Gasteiger partial charge in [0.2, 0.25) is 0 Å². The number of rotatable bonds is 3. The summed E-state index contributed by atoms with van der Waals surface area (Å²) in [4.78, 5) is 0. The van der Waals surface area contributed by atoms with E-state index >= 15 is 0 Å². The van der Waals surface area contributed by atoms with E-state index in [4.69, 9.17) is 11.6 Å². The van der Waals surface area contributed by atoms with Crippen LogP contribution < -0.4 is 5.30 Å². The lowest BCUT2D eigenvalue weighted by atomic mass is 10.1. The Hall–Kier alpha value is -0.650. The lowest BCUT2D eigenvalue weighted by Crippen LogP contribution is -2.00. The fourth-order valence-electron chi connectivity index (χ4n) is 1.10. The minimum Gasteiger partial charge on any atom is -0.269 e. The molecule has 0 radical (unpaired) electrons. The van der Waals surface area contributed by atoms with Gasteiger partial charge < -0.3 is 0 Å². The Morgan fingerprint density at radius 3 is 2.77 bits per heavy atom. The molecular weight excluding hydrogens is 203 g/mol. The molecule has 0 aliphatic heterocycles. The molecule has 13 heavy (non-hydrogen) atoms. The van der Waals surface area contributed by atoms with E-state index in [9.17, 15) is 4.57 Å². The highest BCUT2D eigenvalue weighted by molar-refractivity contribution is 7.34. The second-order valence-electron chi connectivity index (χ2n) is 2.70. The van der Waals surface area contributed by atoms with Crippen molar-refractivity contribution in [2.24, 2.45) is 0 Å². The number of hydrogen-bond acceptors (Lipinski definition) is 1. The topological polar surface area (TPSA) is 17.1 Å². The van der Waals surface area contributed by atoms with Crippen LogP contribution in [0.25, 0.3) is 5.03 Å². The Morgan fingerprint density at radius 2 is 2.31 bits per heavy atom. The van der Waals surface area contributed by atoms with Gasteiger partial charge in [-0.05, 0) is 24.1 Å². The Kier molecular flexibility index (Phi) is 3.65.